The number of nitrogens with zero attached hydrogens (tertiary/aromatic N) is 8. The van der Waals surface area contributed by atoms with E-state index in [2.05, 4.69) is 47.0 Å². The summed E-state index contributed by atoms with van der Waals surface area (Å²) in [5.41, 5.74) is 15.7. The molecule has 4 aromatic rings. The fourth-order valence-electron chi connectivity index (χ4n) is 6.77. The van der Waals surface area contributed by atoms with Crippen LogP contribution in [0.1, 0.15) is 42.9 Å². The number of rotatable bonds is 6. The number of nitrogens with one attached hydrogen (secondary N) is 1. The first-order valence-corrected chi connectivity index (χ1v) is 15.3. The zero-order chi connectivity index (χ0) is 28.2. The number of hydrogen-bond donors (Lipinski definition) is 3. The predicted octanol–water partition coefficient (Wildman–Crippen LogP) is 3.87. The van der Waals surface area contributed by atoms with Crippen molar-refractivity contribution in [2.75, 3.05) is 31.1 Å². The average Bonchev–Trinajstić information content (AvgIpc) is 3.78. The Balaban J connectivity index is 1.08. The second kappa shape index (κ2) is 10.3. The standard InChI is InChI=1S/C28H32ClN11S/c1-15-14-41-22-21(15)34-28(29)36-26(22)40-27(23(30)31)35-25(37-40)24(32)33-18-4-6-19(7-5-18)38-8-10-39(11-9-38)20-13-16-2-3-17(20)12-16/h4-7,14,16-17,20H,2-3,8-13H2,1H3,(H3,30,31)(H2,32,33)/t16-,17+,20+/m1/s1. The van der Waals surface area contributed by atoms with Gasteiger partial charge in [0.15, 0.2) is 23.3 Å². The van der Waals surface area contributed by atoms with E-state index in [0.29, 0.717) is 17.0 Å². The lowest BCUT2D eigenvalue weighted by Gasteiger charge is -2.41. The molecule has 1 aromatic carbocycles. The number of amidine groups is 2. The van der Waals surface area contributed by atoms with Gasteiger partial charge in [0.05, 0.1) is 15.9 Å². The van der Waals surface area contributed by atoms with Crippen molar-refractivity contribution in [2.24, 2.45) is 28.3 Å². The molecule has 11 nitrogen and oxygen atoms in total. The summed E-state index contributed by atoms with van der Waals surface area (Å²) in [7, 11) is 0. The first-order valence-electron chi connectivity index (χ1n) is 14.0. The van der Waals surface area contributed by atoms with Crippen molar-refractivity contribution in [2.45, 2.75) is 38.6 Å². The van der Waals surface area contributed by atoms with Gasteiger partial charge in [0, 0.05) is 37.9 Å². The number of nitrogens with two attached hydrogens (primary N) is 2. The Morgan fingerprint density at radius 2 is 1.83 bits per heavy atom. The summed E-state index contributed by atoms with van der Waals surface area (Å²) in [6, 6.07) is 8.89. The summed E-state index contributed by atoms with van der Waals surface area (Å²) in [5, 5.41) is 14.6. The van der Waals surface area contributed by atoms with Crippen molar-refractivity contribution in [1.82, 2.24) is 29.6 Å². The van der Waals surface area contributed by atoms with Crippen LogP contribution in [0.5, 0.6) is 0 Å². The minimum absolute atomic E-state index is 0.0641. The minimum Gasteiger partial charge on any atom is -0.381 e. The normalized spacial score (nSPS) is 23.1. The number of aromatic nitrogens is 5. The van der Waals surface area contributed by atoms with Gasteiger partial charge >= 0.3 is 0 Å². The molecule has 4 heterocycles. The van der Waals surface area contributed by atoms with E-state index in [9.17, 15) is 0 Å². The highest BCUT2D eigenvalue weighted by atomic mass is 35.5. The quantitative estimate of drug-likeness (QED) is 0.174. The van der Waals surface area contributed by atoms with Crippen LogP contribution in [0.3, 0.4) is 0 Å². The van der Waals surface area contributed by atoms with Gasteiger partial charge in [0.1, 0.15) is 0 Å². The molecule has 0 radical (unpaired) electrons. The van der Waals surface area contributed by atoms with Gasteiger partial charge in [-0.15, -0.1) is 16.4 Å². The van der Waals surface area contributed by atoms with Crippen molar-refractivity contribution in [3.63, 3.8) is 0 Å². The second-order valence-electron chi connectivity index (χ2n) is 11.3. The predicted molar refractivity (Wildman–Crippen MR) is 163 cm³/mol. The maximum atomic E-state index is 8.06. The van der Waals surface area contributed by atoms with Gasteiger partial charge in [0.25, 0.3) is 0 Å². The number of piperazine rings is 1. The van der Waals surface area contributed by atoms with Gasteiger partial charge in [-0.05, 0) is 84.8 Å². The van der Waals surface area contributed by atoms with Crippen molar-refractivity contribution in [3.05, 3.63) is 52.1 Å². The van der Waals surface area contributed by atoms with Gasteiger partial charge < -0.3 is 16.4 Å². The fraction of sp³-hybridized carbons (Fsp3) is 0.429. The smallest absolute Gasteiger partial charge is 0.225 e. The number of nitrogen functional groups attached to an aromatic ring is 1. The van der Waals surface area contributed by atoms with Gasteiger partial charge in [-0.3, -0.25) is 10.3 Å². The van der Waals surface area contributed by atoms with Crippen molar-refractivity contribution >= 4 is 56.2 Å². The molecule has 2 bridgehead atoms. The highest BCUT2D eigenvalue weighted by Crippen LogP contribution is 2.46. The van der Waals surface area contributed by atoms with Crippen LogP contribution in [0.15, 0.2) is 34.6 Å². The molecule has 0 spiro atoms. The molecule has 3 aliphatic rings. The third-order valence-corrected chi connectivity index (χ3v) is 10.0. The number of benzene rings is 1. The van der Waals surface area contributed by atoms with Gasteiger partial charge in [-0.25, -0.2) is 15.0 Å². The third kappa shape index (κ3) is 4.83. The van der Waals surface area contributed by atoms with Crippen LogP contribution in [0.4, 0.5) is 11.4 Å². The molecule has 41 heavy (non-hydrogen) atoms. The van der Waals surface area contributed by atoms with Crippen LogP contribution in [-0.4, -0.2) is 73.5 Å². The van der Waals surface area contributed by atoms with Crippen molar-refractivity contribution in [1.29, 1.82) is 5.41 Å². The minimum atomic E-state index is -0.280. The molecule has 2 aliphatic carbocycles. The van der Waals surface area contributed by atoms with E-state index in [1.165, 1.54) is 47.4 Å². The number of halogens is 1. The maximum Gasteiger partial charge on any atom is 0.225 e. The van der Waals surface area contributed by atoms with E-state index in [1.807, 2.05) is 24.4 Å². The van der Waals surface area contributed by atoms with E-state index in [-0.39, 0.29) is 28.6 Å². The molecule has 0 amide bonds. The number of fused-ring (bicyclic) bond motifs is 3. The van der Waals surface area contributed by atoms with E-state index in [0.717, 1.165) is 54.3 Å². The highest BCUT2D eigenvalue weighted by Gasteiger charge is 2.42. The summed E-state index contributed by atoms with van der Waals surface area (Å²) in [6.45, 7) is 6.28. The van der Waals surface area contributed by atoms with Gasteiger partial charge in [0.2, 0.25) is 11.1 Å². The zero-order valence-electron chi connectivity index (χ0n) is 22.8. The molecule has 3 atom stereocenters. The maximum absolute atomic E-state index is 8.06. The molecule has 0 unspecified atom stereocenters. The van der Waals surface area contributed by atoms with Gasteiger partial charge in [-0.2, -0.15) is 9.67 Å². The van der Waals surface area contributed by atoms with Crippen LogP contribution in [-0.2, 0) is 0 Å². The molecule has 2 saturated carbocycles. The molecule has 3 aromatic heterocycles. The highest BCUT2D eigenvalue weighted by molar-refractivity contribution is 7.17. The van der Waals surface area contributed by atoms with E-state index in [4.69, 9.17) is 28.5 Å². The number of aryl methyl sites for hydroxylation is 1. The first-order chi connectivity index (χ1) is 19.8. The molecule has 7 rings (SSSR count). The number of anilines is 1. The second-order valence-corrected chi connectivity index (χ2v) is 12.5. The Morgan fingerprint density at radius 1 is 1.05 bits per heavy atom. The number of thiophene rings is 1. The fourth-order valence-corrected chi connectivity index (χ4v) is 7.90. The lowest BCUT2D eigenvalue weighted by Crippen LogP contribution is -2.51. The number of hydrogen-bond acceptors (Lipinski definition) is 9. The molecule has 3 fully saturated rings. The molecule has 13 heteroatoms. The summed E-state index contributed by atoms with van der Waals surface area (Å²) >= 11 is 7.67. The Bertz CT molecular complexity index is 1650. The lowest BCUT2D eigenvalue weighted by molar-refractivity contribution is 0.135. The van der Waals surface area contributed by atoms with Crippen LogP contribution in [0.25, 0.3) is 16.0 Å². The van der Waals surface area contributed by atoms with Crippen LogP contribution >= 0.6 is 22.9 Å². The van der Waals surface area contributed by atoms with Crippen LogP contribution < -0.4 is 16.4 Å². The lowest BCUT2D eigenvalue weighted by atomic mass is 9.93. The largest absolute Gasteiger partial charge is 0.381 e. The summed E-state index contributed by atoms with van der Waals surface area (Å²) < 4.78 is 2.14. The van der Waals surface area contributed by atoms with E-state index < -0.39 is 0 Å². The van der Waals surface area contributed by atoms with E-state index in [1.54, 1.807) is 0 Å². The summed E-state index contributed by atoms with van der Waals surface area (Å²) in [6.07, 6.45) is 5.74. The van der Waals surface area contributed by atoms with Crippen molar-refractivity contribution in [3.8, 4) is 5.82 Å². The summed E-state index contributed by atoms with van der Waals surface area (Å²) in [4.78, 5) is 22.8. The Hall–Kier alpha value is -3.61. The SMILES string of the molecule is Cc1csc2c(-n3nc(C(N)=Nc4ccc(N5CCN([C@H]6C[C@@H]7CC[C@H]6C7)CC5)cc4)nc3C(=N)N)nc(Cl)nc12. The molecule has 212 valence electrons. The molecule has 1 saturated heterocycles. The topological polar surface area (TPSA) is 151 Å². The average molecular weight is 590 g/mol. The first kappa shape index (κ1) is 26.3. The zero-order valence-corrected chi connectivity index (χ0v) is 24.4. The summed E-state index contributed by atoms with van der Waals surface area (Å²) in [5.74, 6) is 2.37. The Labute approximate surface area is 246 Å². The van der Waals surface area contributed by atoms with Gasteiger partial charge in [-0.1, -0.05) is 6.42 Å². The van der Waals surface area contributed by atoms with Crippen LogP contribution in [0.2, 0.25) is 5.28 Å². The Morgan fingerprint density at radius 3 is 2.51 bits per heavy atom. The monoisotopic (exact) mass is 589 g/mol. The Kier molecular flexibility index (Phi) is 6.63. The molecule has 5 N–H and O–H groups in total. The molecule has 1 aliphatic heterocycles. The third-order valence-electron chi connectivity index (χ3n) is 8.77. The molecular weight excluding hydrogens is 558 g/mol. The molecular formula is C28H32ClN11S. The number of aliphatic imine (C=N–C) groups is 1. The van der Waals surface area contributed by atoms with Crippen LogP contribution in [0, 0.1) is 24.2 Å². The van der Waals surface area contributed by atoms with E-state index >= 15 is 0 Å². The van der Waals surface area contributed by atoms with Crippen molar-refractivity contribution < 1.29 is 0 Å².